The zero-order valence-electron chi connectivity index (χ0n) is 52.1. The Morgan fingerprint density at radius 3 is 0.507 bits per heavy atom. The molecule has 4 aromatic rings. The van der Waals surface area contributed by atoms with Crippen LogP contribution in [0.25, 0.3) is 0 Å². The summed E-state index contributed by atoms with van der Waals surface area (Å²) >= 11 is 0. The summed E-state index contributed by atoms with van der Waals surface area (Å²) in [6, 6.07) is 20.1. The molecule has 73 heavy (non-hydrogen) atoms. The van der Waals surface area contributed by atoms with Crippen molar-refractivity contribution in [2.24, 2.45) is 0 Å². The van der Waals surface area contributed by atoms with Crippen molar-refractivity contribution in [1.82, 2.24) is 0 Å². The molecule has 4 rings (SSSR count). The van der Waals surface area contributed by atoms with Crippen LogP contribution < -0.4 is 40.2 Å². The molecular formula is C67H106O4P2. The fourth-order valence-electron chi connectivity index (χ4n) is 10.3. The minimum atomic E-state index is -0.723. The molecule has 0 heterocycles. The number of hydrogen-bond donors (Lipinski definition) is 0. The maximum absolute atomic E-state index is 6.32. The molecule has 4 nitrogen and oxygen atoms in total. The molecule has 408 valence electrons. The number of methoxy groups -OCH3 is 4. The summed E-state index contributed by atoms with van der Waals surface area (Å²) < 4.78 is 25.3. The van der Waals surface area contributed by atoms with Crippen LogP contribution in [0.15, 0.2) is 48.5 Å². The molecule has 0 radical (unpaired) electrons. The zero-order chi connectivity index (χ0) is 55.8. The van der Waals surface area contributed by atoms with Crippen LogP contribution in [0.1, 0.15) is 243 Å². The summed E-state index contributed by atoms with van der Waals surface area (Å²) in [6.45, 7) is 56.0. The molecule has 0 fully saturated rings. The van der Waals surface area contributed by atoms with E-state index in [1.54, 1.807) is 0 Å². The van der Waals surface area contributed by atoms with Crippen LogP contribution in [0.4, 0.5) is 0 Å². The molecule has 0 amide bonds. The molecule has 0 aromatic heterocycles. The molecule has 0 saturated heterocycles. The summed E-state index contributed by atoms with van der Waals surface area (Å²) in [7, 11) is 5.97. The van der Waals surface area contributed by atoms with E-state index in [0.29, 0.717) is 0 Å². The van der Waals surface area contributed by atoms with Crippen molar-refractivity contribution < 1.29 is 18.9 Å². The molecule has 0 spiro atoms. The Morgan fingerprint density at radius 2 is 0.384 bits per heavy atom. The van der Waals surface area contributed by atoms with Gasteiger partial charge in [0, 0.05) is 44.5 Å². The van der Waals surface area contributed by atoms with Gasteiger partial charge in [0.25, 0.3) is 0 Å². The predicted octanol–water partition coefficient (Wildman–Crippen LogP) is 17.6. The summed E-state index contributed by atoms with van der Waals surface area (Å²) in [5.41, 5.74) is 9.68. The van der Waals surface area contributed by atoms with E-state index in [4.69, 9.17) is 18.9 Å². The SMILES string of the molecule is COc1c(C(C)(C)C)cc(P(CCCCCCCP(c2cc(C(C)(C)C)c(OC)c(C(C)(C)C)c2)c2cc(C(C)(C)C)c(OC)c(C(C)(C)C)c2)c2cc(C(C)(C)C)c(OC)c(C(C)(C)C)c2)cc1C(C)(C)C. The van der Waals surface area contributed by atoms with Gasteiger partial charge in [-0.1, -0.05) is 185 Å². The number of unbranched alkanes of at least 4 members (excludes halogenated alkanes) is 4. The summed E-state index contributed by atoms with van der Waals surface area (Å²) in [5.74, 6) is 4.16. The normalized spacial score (nSPS) is 13.6. The molecule has 0 N–H and O–H groups in total. The van der Waals surface area contributed by atoms with E-state index in [1.165, 1.54) is 97.8 Å². The van der Waals surface area contributed by atoms with Crippen molar-refractivity contribution >= 4 is 37.1 Å². The third-order valence-corrected chi connectivity index (χ3v) is 19.6. The fraction of sp³-hybridized carbons (Fsp3) is 0.642. The molecule has 0 bridgehead atoms. The van der Waals surface area contributed by atoms with Crippen molar-refractivity contribution in [2.45, 2.75) is 242 Å². The highest BCUT2D eigenvalue weighted by Crippen LogP contribution is 2.49. The van der Waals surface area contributed by atoms with Gasteiger partial charge in [0.15, 0.2) is 0 Å². The number of rotatable bonds is 16. The molecule has 6 heteroatoms. The highest BCUT2D eigenvalue weighted by Gasteiger charge is 2.35. The van der Waals surface area contributed by atoms with Gasteiger partial charge in [0.1, 0.15) is 23.0 Å². The molecule has 0 unspecified atom stereocenters. The Bertz CT molecular complexity index is 2020. The molecule has 0 aliphatic rings. The van der Waals surface area contributed by atoms with Crippen LogP contribution in [-0.2, 0) is 43.3 Å². The Hall–Kier alpha value is -3.06. The Labute approximate surface area is 452 Å². The highest BCUT2D eigenvalue weighted by atomic mass is 31.1. The third-order valence-electron chi connectivity index (χ3n) is 14.6. The van der Waals surface area contributed by atoms with Crippen LogP contribution in [-0.4, -0.2) is 40.8 Å². The third kappa shape index (κ3) is 15.1. The van der Waals surface area contributed by atoms with Crippen molar-refractivity contribution in [3.8, 4) is 23.0 Å². The Kier molecular flexibility index (Phi) is 19.6. The van der Waals surface area contributed by atoms with Crippen molar-refractivity contribution in [3.05, 3.63) is 93.0 Å². The molecule has 0 saturated carbocycles. The minimum Gasteiger partial charge on any atom is -0.496 e. The first kappa shape index (κ1) is 62.5. The van der Waals surface area contributed by atoms with Crippen molar-refractivity contribution in [1.29, 1.82) is 0 Å². The Balaban J connectivity index is 1.84. The van der Waals surface area contributed by atoms with Crippen LogP contribution >= 0.6 is 15.8 Å². The lowest BCUT2D eigenvalue weighted by Gasteiger charge is -2.34. The first-order valence-corrected chi connectivity index (χ1v) is 30.6. The molecule has 0 aliphatic heterocycles. The van der Waals surface area contributed by atoms with Crippen LogP contribution in [0.5, 0.6) is 23.0 Å². The monoisotopic (exact) mass is 1040 g/mol. The number of hydrogen-bond acceptors (Lipinski definition) is 4. The number of ether oxygens (including phenoxy) is 4. The second-order valence-electron chi connectivity index (χ2n) is 29.4. The highest BCUT2D eigenvalue weighted by molar-refractivity contribution is 7.73. The van der Waals surface area contributed by atoms with Crippen LogP contribution in [0.2, 0.25) is 0 Å². The maximum Gasteiger partial charge on any atom is 0.126 e. The first-order chi connectivity index (χ1) is 33.1. The van der Waals surface area contributed by atoms with Gasteiger partial charge in [0.05, 0.1) is 28.4 Å². The average Bonchev–Trinajstić information content (AvgIpc) is 3.24. The second kappa shape index (κ2) is 22.9. The van der Waals surface area contributed by atoms with Gasteiger partial charge in [-0.25, -0.2) is 0 Å². The minimum absolute atomic E-state index is 0.0856. The van der Waals surface area contributed by atoms with Gasteiger partial charge < -0.3 is 18.9 Å². The van der Waals surface area contributed by atoms with Gasteiger partial charge >= 0.3 is 0 Å². The van der Waals surface area contributed by atoms with Gasteiger partial charge in [-0.15, -0.1) is 0 Å². The van der Waals surface area contributed by atoms with Crippen molar-refractivity contribution in [2.75, 3.05) is 40.8 Å². The summed E-state index contributed by atoms with van der Waals surface area (Å²) in [4.78, 5) is 0. The van der Waals surface area contributed by atoms with E-state index in [9.17, 15) is 0 Å². The summed E-state index contributed by atoms with van der Waals surface area (Å²) in [6.07, 6.45) is 8.24. The van der Waals surface area contributed by atoms with E-state index in [0.717, 1.165) is 35.3 Å². The van der Waals surface area contributed by atoms with E-state index in [2.05, 4.69) is 215 Å². The lowest BCUT2D eigenvalue weighted by Crippen LogP contribution is -2.27. The smallest absolute Gasteiger partial charge is 0.126 e. The first-order valence-electron chi connectivity index (χ1n) is 27.6. The lowest BCUT2D eigenvalue weighted by atomic mass is 9.79. The van der Waals surface area contributed by atoms with Gasteiger partial charge in [-0.2, -0.15) is 0 Å². The fourth-order valence-corrected chi connectivity index (χ4v) is 15.3. The summed E-state index contributed by atoms with van der Waals surface area (Å²) in [5, 5.41) is 5.81. The molecule has 0 aliphatic carbocycles. The van der Waals surface area contributed by atoms with Gasteiger partial charge in [-0.05, 0) is 154 Å². The standard InChI is InChI=1S/C67H106O4P2/c1-60(2,3)48-36-44(37-49(56(48)68-25)61(4,5)6)72(45-38-50(62(7,8)9)57(69-26)51(39-45)63(10,11)12)34-32-30-29-31-33-35-73(46-40-52(64(13,14)15)58(70-27)53(41-46)65(16,17)18)47-42-54(66(19,20)21)59(71-28)55(43-47)67(22,23)24/h36-43H,29-35H2,1-28H3. The van der Waals surface area contributed by atoms with Crippen molar-refractivity contribution in [3.63, 3.8) is 0 Å². The van der Waals surface area contributed by atoms with E-state index < -0.39 is 15.8 Å². The largest absolute Gasteiger partial charge is 0.496 e. The van der Waals surface area contributed by atoms with Crippen LogP contribution in [0, 0.1) is 0 Å². The molecular weight excluding hydrogens is 931 g/mol. The van der Waals surface area contributed by atoms with Gasteiger partial charge in [0.2, 0.25) is 0 Å². The second-order valence-corrected chi connectivity index (χ2v) is 34.0. The van der Waals surface area contributed by atoms with Crippen LogP contribution in [0.3, 0.4) is 0 Å². The van der Waals surface area contributed by atoms with E-state index in [-0.39, 0.29) is 43.3 Å². The maximum atomic E-state index is 6.32. The topological polar surface area (TPSA) is 36.9 Å². The lowest BCUT2D eigenvalue weighted by molar-refractivity contribution is 0.381. The van der Waals surface area contributed by atoms with Gasteiger partial charge in [-0.3, -0.25) is 0 Å². The van der Waals surface area contributed by atoms with E-state index >= 15 is 0 Å². The predicted molar refractivity (Wildman–Crippen MR) is 327 cm³/mol. The quantitative estimate of drug-likeness (QED) is 0.0828. The Morgan fingerprint density at radius 1 is 0.247 bits per heavy atom. The average molecular weight is 1040 g/mol. The molecule has 0 atom stereocenters. The number of benzene rings is 4. The molecule has 4 aromatic carbocycles. The van der Waals surface area contributed by atoms with E-state index in [1.807, 2.05) is 28.4 Å². The zero-order valence-corrected chi connectivity index (χ0v) is 53.9.